The molecule has 2 rings (SSSR count). The topological polar surface area (TPSA) is 79.2 Å². The number of hydrogen-bond donors (Lipinski definition) is 3. The Labute approximate surface area is 136 Å². The van der Waals surface area contributed by atoms with Crippen molar-refractivity contribution >= 4 is 6.03 Å². The lowest BCUT2D eigenvalue weighted by atomic mass is 10.1. The van der Waals surface area contributed by atoms with Crippen molar-refractivity contribution in [1.82, 2.24) is 20.4 Å². The predicted octanol–water partition coefficient (Wildman–Crippen LogP) is 1.41. The van der Waals surface area contributed by atoms with Gasteiger partial charge in [-0.2, -0.15) is 5.10 Å². The smallest absolute Gasteiger partial charge is 0.315 e. The van der Waals surface area contributed by atoms with E-state index >= 15 is 0 Å². The minimum atomic E-state index is -1.60. The Bertz CT molecular complexity index is 697. The summed E-state index contributed by atoms with van der Waals surface area (Å²) in [6.45, 7) is -0.289. The summed E-state index contributed by atoms with van der Waals surface area (Å²) in [5.41, 5.74) is 0.857. The van der Waals surface area contributed by atoms with Gasteiger partial charge in [-0.3, -0.25) is 4.68 Å². The van der Waals surface area contributed by atoms with Crippen LogP contribution in [-0.4, -0.2) is 34.1 Å². The van der Waals surface area contributed by atoms with Gasteiger partial charge in [0.15, 0.2) is 17.5 Å². The molecule has 0 bridgehead atoms. The predicted molar refractivity (Wildman–Crippen MR) is 79.6 cm³/mol. The van der Waals surface area contributed by atoms with Crippen LogP contribution in [0, 0.1) is 17.5 Å². The van der Waals surface area contributed by atoms with Crippen molar-refractivity contribution in [2.75, 3.05) is 13.2 Å². The van der Waals surface area contributed by atoms with E-state index < -0.39 is 36.1 Å². The summed E-state index contributed by atoms with van der Waals surface area (Å²) in [6.07, 6.45) is 4.02. The lowest BCUT2D eigenvalue weighted by molar-refractivity contribution is 0.216. The van der Waals surface area contributed by atoms with E-state index in [-0.39, 0.29) is 5.56 Å². The van der Waals surface area contributed by atoms with Gasteiger partial charge >= 0.3 is 6.03 Å². The Morgan fingerprint density at radius 1 is 1.33 bits per heavy atom. The Kier molecular flexibility index (Phi) is 5.80. The third-order valence-corrected chi connectivity index (χ3v) is 3.35. The molecule has 130 valence electrons. The Balaban J connectivity index is 1.91. The first-order valence-corrected chi connectivity index (χ1v) is 7.18. The van der Waals surface area contributed by atoms with Crippen molar-refractivity contribution in [3.63, 3.8) is 0 Å². The summed E-state index contributed by atoms with van der Waals surface area (Å²) in [5, 5.41) is 18.2. The lowest BCUT2D eigenvalue weighted by Gasteiger charge is -2.17. The number of nitrogens with zero attached hydrogens (tertiary/aromatic N) is 2. The van der Waals surface area contributed by atoms with Gasteiger partial charge in [-0.25, -0.2) is 18.0 Å². The van der Waals surface area contributed by atoms with E-state index in [0.717, 1.165) is 17.7 Å². The van der Waals surface area contributed by atoms with Gasteiger partial charge < -0.3 is 15.7 Å². The number of aryl methyl sites for hydroxylation is 1. The average Bonchev–Trinajstić information content (AvgIpc) is 2.95. The molecule has 1 aromatic heterocycles. The molecule has 0 saturated carbocycles. The average molecular weight is 342 g/mol. The number of rotatable bonds is 6. The molecule has 0 saturated heterocycles. The molecule has 2 aromatic rings. The number of halogens is 3. The zero-order valence-electron chi connectivity index (χ0n) is 12.9. The molecule has 1 heterocycles. The molecule has 1 unspecified atom stereocenters. The quantitative estimate of drug-likeness (QED) is 0.695. The number of amides is 2. The van der Waals surface area contributed by atoms with Gasteiger partial charge in [0.2, 0.25) is 0 Å². The van der Waals surface area contributed by atoms with Gasteiger partial charge in [-0.15, -0.1) is 0 Å². The first-order valence-electron chi connectivity index (χ1n) is 7.18. The fraction of sp³-hybridized carbons (Fsp3) is 0.333. The summed E-state index contributed by atoms with van der Waals surface area (Å²) in [7, 11) is 1.77. The summed E-state index contributed by atoms with van der Waals surface area (Å²) < 4.78 is 41.1. The van der Waals surface area contributed by atoms with Crippen molar-refractivity contribution in [3.05, 3.63) is 53.1 Å². The van der Waals surface area contributed by atoms with E-state index in [1.807, 2.05) is 0 Å². The van der Waals surface area contributed by atoms with Crippen LogP contribution in [0.3, 0.4) is 0 Å². The van der Waals surface area contributed by atoms with Crippen molar-refractivity contribution < 1.29 is 23.1 Å². The molecule has 6 nitrogen and oxygen atoms in total. The molecule has 9 heteroatoms. The standard InChI is InChI=1S/C15H17F3N4O2/c1-22-7-9(6-20-22)2-3-19-15(24)21-13(8-23)10-4-11(16)14(18)12(17)5-10/h4-7,13,23H,2-3,8H2,1H3,(H2,19,21,24). The van der Waals surface area contributed by atoms with Crippen molar-refractivity contribution in [2.45, 2.75) is 12.5 Å². The highest BCUT2D eigenvalue weighted by Gasteiger charge is 2.18. The van der Waals surface area contributed by atoms with Crippen molar-refractivity contribution in [1.29, 1.82) is 0 Å². The fourth-order valence-electron chi connectivity index (χ4n) is 2.14. The summed E-state index contributed by atoms with van der Waals surface area (Å²) in [6, 6.07) is -0.221. The number of carbonyl (C=O) groups excluding carboxylic acids is 1. The third kappa shape index (κ3) is 4.48. The van der Waals surface area contributed by atoms with Gasteiger partial charge in [-0.05, 0) is 29.7 Å². The molecule has 0 radical (unpaired) electrons. The number of nitrogens with one attached hydrogen (secondary N) is 2. The first kappa shape index (κ1) is 17.8. The minimum absolute atomic E-state index is 0.0729. The van der Waals surface area contributed by atoms with E-state index in [1.165, 1.54) is 0 Å². The molecule has 24 heavy (non-hydrogen) atoms. The first-order chi connectivity index (χ1) is 11.4. The summed E-state index contributed by atoms with van der Waals surface area (Å²) >= 11 is 0. The molecular formula is C15H17F3N4O2. The number of aliphatic hydroxyl groups is 1. The zero-order valence-corrected chi connectivity index (χ0v) is 12.9. The highest BCUT2D eigenvalue weighted by Crippen LogP contribution is 2.19. The fourth-order valence-corrected chi connectivity index (χ4v) is 2.14. The van der Waals surface area contributed by atoms with Crippen LogP contribution >= 0.6 is 0 Å². The van der Waals surface area contributed by atoms with Crippen LogP contribution in [0.5, 0.6) is 0 Å². The molecule has 0 fully saturated rings. The molecule has 0 aliphatic heterocycles. The van der Waals surface area contributed by atoms with E-state index in [9.17, 15) is 23.1 Å². The van der Waals surface area contributed by atoms with Gasteiger partial charge in [0.25, 0.3) is 0 Å². The molecule has 2 amide bonds. The number of benzene rings is 1. The number of urea groups is 1. The molecule has 3 N–H and O–H groups in total. The molecule has 0 aliphatic carbocycles. The molecular weight excluding hydrogens is 325 g/mol. The van der Waals surface area contributed by atoms with Gasteiger partial charge in [0.1, 0.15) is 0 Å². The highest BCUT2D eigenvalue weighted by molar-refractivity contribution is 5.74. The van der Waals surface area contributed by atoms with E-state index in [2.05, 4.69) is 15.7 Å². The number of aromatic nitrogens is 2. The Morgan fingerprint density at radius 2 is 2.00 bits per heavy atom. The van der Waals surface area contributed by atoms with Gasteiger partial charge in [0, 0.05) is 19.8 Å². The van der Waals surface area contributed by atoms with Crippen LogP contribution < -0.4 is 10.6 Å². The second-order valence-corrected chi connectivity index (χ2v) is 5.21. The molecule has 0 aliphatic rings. The molecule has 1 aromatic carbocycles. The lowest BCUT2D eigenvalue weighted by Crippen LogP contribution is -2.40. The van der Waals surface area contributed by atoms with E-state index in [1.54, 1.807) is 24.1 Å². The van der Waals surface area contributed by atoms with Gasteiger partial charge in [0.05, 0.1) is 18.8 Å². The van der Waals surface area contributed by atoms with Crippen molar-refractivity contribution in [2.24, 2.45) is 7.05 Å². The zero-order chi connectivity index (χ0) is 17.7. The number of carbonyl (C=O) groups is 1. The molecule has 0 spiro atoms. The maximum Gasteiger partial charge on any atom is 0.315 e. The maximum absolute atomic E-state index is 13.2. The van der Waals surface area contributed by atoms with Crippen molar-refractivity contribution in [3.8, 4) is 0 Å². The Morgan fingerprint density at radius 3 is 2.54 bits per heavy atom. The summed E-state index contributed by atoms with van der Waals surface area (Å²) in [4.78, 5) is 11.8. The second kappa shape index (κ2) is 7.82. The van der Waals surface area contributed by atoms with E-state index in [4.69, 9.17) is 0 Å². The van der Waals surface area contributed by atoms with Crippen LogP contribution in [0.15, 0.2) is 24.5 Å². The van der Waals surface area contributed by atoms with Crippen LogP contribution in [-0.2, 0) is 13.5 Å². The maximum atomic E-state index is 13.2. The minimum Gasteiger partial charge on any atom is -0.394 e. The van der Waals surface area contributed by atoms with Crippen LogP contribution in [0.1, 0.15) is 17.2 Å². The normalized spacial score (nSPS) is 12.0. The molecule has 1 atom stereocenters. The van der Waals surface area contributed by atoms with Crippen LogP contribution in [0.4, 0.5) is 18.0 Å². The number of hydrogen-bond acceptors (Lipinski definition) is 3. The monoisotopic (exact) mass is 342 g/mol. The van der Waals surface area contributed by atoms with Crippen LogP contribution in [0.25, 0.3) is 0 Å². The summed E-state index contributed by atoms with van der Waals surface area (Å²) in [5.74, 6) is -4.37. The SMILES string of the molecule is Cn1cc(CCNC(=O)NC(CO)c2cc(F)c(F)c(F)c2)cn1. The second-order valence-electron chi connectivity index (χ2n) is 5.21. The largest absolute Gasteiger partial charge is 0.394 e. The van der Waals surface area contributed by atoms with E-state index in [0.29, 0.717) is 13.0 Å². The van der Waals surface area contributed by atoms with Gasteiger partial charge in [-0.1, -0.05) is 0 Å². The third-order valence-electron chi connectivity index (χ3n) is 3.35. The number of aliphatic hydroxyl groups excluding tert-OH is 1. The van der Waals surface area contributed by atoms with Crippen LogP contribution in [0.2, 0.25) is 0 Å². The Hall–Kier alpha value is -2.55. The highest BCUT2D eigenvalue weighted by atomic mass is 19.2.